The molecular formula is C19H19Cl3N2O. The highest BCUT2D eigenvalue weighted by atomic mass is 35.5. The number of halogens is 3. The smallest absolute Gasteiger partial charge is 0.228 e. The third kappa shape index (κ3) is 5.11. The van der Waals surface area contributed by atoms with Crippen molar-refractivity contribution in [1.29, 1.82) is 0 Å². The summed E-state index contributed by atoms with van der Waals surface area (Å²) in [7, 11) is 0. The van der Waals surface area contributed by atoms with E-state index in [1.54, 1.807) is 18.2 Å². The first-order valence-electron chi connectivity index (χ1n) is 8.24. The number of anilines is 1. The van der Waals surface area contributed by atoms with Crippen LogP contribution >= 0.6 is 34.8 Å². The van der Waals surface area contributed by atoms with E-state index in [0.29, 0.717) is 15.7 Å². The lowest BCUT2D eigenvalue weighted by Gasteiger charge is -2.32. The number of hydrogen-bond acceptors (Lipinski definition) is 2. The lowest BCUT2D eigenvalue weighted by molar-refractivity contribution is -0.121. The maximum Gasteiger partial charge on any atom is 0.228 e. The van der Waals surface area contributed by atoms with Gasteiger partial charge in [-0.3, -0.25) is 9.69 Å². The van der Waals surface area contributed by atoms with Gasteiger partial charge in [-0.25, -0.2) is 0 Å². The van der Waals surface area contributed by atoms with Crippen molar-refractivity contribution >= 4 is 46.4 Å². The number of piperidine rings is 1. The monoisotopic (exact) mass is 396 g/mol. The molecule has 1 aliphatic rings. The molecule has 2 aromatic rings. The van der Waals surface area contributed by atoms with E-state index < -0.39 is 0 Å². The largest absolute Gasteiger partial charge is 0.326 e. The van der Waals surface area contributed by atoms with Gasteiger partial charge < -0.3 is 5.32 Å². The lowest BCUT2D eigenvalue weighted by atomic mass is 9.96. The number of carbonyl (C=O) groups is 1. The Hall–Kier alpha value is -1.26. The Labute approximate surface area is 162 Å². The van der Waals surface area contributed by atoms with E-state index in [2.05, 4.69) is 16.3 Å². The predicted molar refractivity (Wildman–Crippen MR) is 105 cm³/mol. The standard InChI is InChI=1S/C19H19Cl3N2O/c20-15-5-1-3-13(9-15)11-24-8-2-4-14(12-24)19(25)23-16-6-7-17(21)18(22)10-16/h1,3,5-7,9-10,14H,2,4,8,11-12H2,(H,23,25). The van der Waals surface area contributed by atoms with Crippen molar-refractivity contribution in [3.05, 3.63) is 63.1 Å². The van der Waals surface area contributed by atoms with E-state index in [1.165, 1.54) is 0 Å². The number of nitrogens with zero attached hydrogens (tertiary/aromatic N) is 1. The van der Waals surface area contributed by atoms with Crippen LogP contribution in [0.2, 0.25) is 15.1 Å². The summed E-state index contributed by atoms with van der Waals surface area (Å²) in [6.07, 6.45) is 1.89. The van der Waals surface area contributed by atoms with Gasteiger partial charge in [-0.05, 0) is 55.3 Å². The average Bonchev–Trinajstić information content (AvgIpc) is 2.58. The van der Waals surface area contributed by atoms with Crippen LogP contribution in [0.4, 0.5) is 5.69 Å². The molecule has 1 fully saturated rings. The Balaban J connectivity index is 1.60. The van der Waals surface area contributed by atoms with Crippen LogP contribution < -0.4 is 5.32 Å². The molecule has 0 radical (unpaired) electrons. The van der Waals surface area contributed by atoms with Gasteiger partial charge in [-0.1, -0.05) is 46.9 Å². The van der Waals surface area contributed by atoms with E-state index in [1.807, 2.05) is 18.2 Å². The fourth-order valence-corrected chi connectivity index (χ4v) is 3.64. The summed E-state index contributed by atoms with van der Waals surface area (Å²) in [6, 6.07) is 13.0. The Morgan fingerprint density at radius 3 is 2.72 bits per heavy atom. The molecule has 3 nitrogen and oxygen atoms in total. The van der Waals surface area contributed by atoms with E-state index in [0.717, 1.165) is 43.1 Å². The number of carbonyl (C=O) groups excluding carboxylic acids is 1. The van der Waals surface area contributed by atoms with Crippen molar-refractivity contribution in [1.82, 2.24) is 4.90 Å². The first kappa shape index (κ1) is 18.5. The molecule has 1 atom stereocenters. The fourth-order valence-electron chi connectivity index (χ4n) is 3.12. The van der Waals surface area contributed by atoms with Crippen LogP contribution in [0.1, 0.15) is 18.4 Å². The van der Waals surface area contributed by atoms with Gasteiger partial charge in [0.15, 0.2) is 0 Å². The molecule has 1 N–H and O–H groups in total. The number of likely N-dealkylation sites (tertiary alicyclic amines) is 1. The zero-order chi connectivity index (χ0) is 17.8. The molecule has 1 saturated heterocycles. The number of nitrogens with one attached hydrogen (secondary N) is 1. The second-order valence-electron chi connectivity index (χ2n) is 6.32. The third-order valence-electron chi connectivity index (χ3n) is 4.36. The minimum absolute atomic E-state index is 0.0224. The topological polar surface area (TPSA) is 32.3 Å². The van der Waals surface area contributed by atoms with Gasteiger partial charge in [-0.15, -0.1) is 0 Å². The molecule has 25 heavy (non-hydrogen) atoms. The average molecular weight is 398 g/mol. The minimum atomic E-state index is -0.0395. The molecular weight excluding hydrogens is 379 g/mol. The van der Waals surface area contributed by atoms with Crippen LogP contribution in [0.5, 0.6) is 0 Å². The van der Waals surface area contributed by atoms with Crippen LogP contribution in [0.15, 0.2) is 42.5 Å². The quantitative estimate of drug-likeness (QED) is 0.739. The van der Waals surface area contributed by atoms with E-state index >= 15 is 0 Å². The van der Waals surface area contributed by atoms with Gasteiger partial charge >= 0.3 is 0 Å². The minimum Gasteiger partial charge on any atom is -0.326 e. The second kappa shape index (κ2) is 8.41. The summed E-state index contributed by atoms with van der Waals surface area (Å²) in [5.41, 5.74) is 1.84. The first-order valence-corrected chi connectivity index (χ1v) is 9.37. The summed E-state index contributed by atoms with van der Waals surface area (Å²) in [6.45, 7) is 2.53. The van der Waals surface area contributed by atoms with Crippen LogP contribution in [0.25, 0.3) is 0 Å². The molecule has 0 aromatic heterocycles. The van der Waals surface area contributed by atoms with Gasteiger partial charge in [0.2, 0.25) is 5.91 Å². The zero-order valence-electron chi connectivity index (χ0n) is 13.6. The normalized spacial score (nSPS) is 18.1. The van der Waals surface area contributed by atoms with Crippen molar-refractivity contribution < 1.29 is 4.79 Å². The number of benzene rings is 2. The van der Waals surface area contributed by atoms with Crippen LogP contribution in [0.3, 0.4) is 0 Å². The van der Waals surface area contributed by atoms with Gasteiger partial charge in [0.1, 0.15) is 0 Å². The summed E-state index contributed by atoms with van der Waals surface area (Å²) in [5.74, 6) is -0.0171. The van der Waals surface area contributed by atoms with Crippen molar-refractivity contribution in [3.63, 3.8) is 0 Å². The van der Waals surface area contributed by atoms with Crippen molar-refractivity contribution in [2.45, 2.75) is 19.4 Å². The molecule has 1 aliphatic heterocycles. The summed E-state index contributed by atoms with van der Waals surface area (Å²) < 4.78 is 0. The van der Waals surface area contributed by atoms with Crippen LogP contribution in [-0.4, -0.2) is 23.9 Å². The maximum atomic E-state index is 12.6. The number of hydrogen-bond donors (Lipinski definition) is 1. The summed E-state index contributed by atoms with van der Waals surface area (Å²) in [5, 5.41) is 4.60. The van der Waals surface area contributed by atoms with E-state index in [9.17, 15) is 4.79 Å². The second-order valence-corrected chi connectivity index (χ2v) is 7.57. The van der Waals surface area contributed by atoms with Gasteiger partial charge in [0, 0.05) is 23.8 Å². The highest BCUT2D eigenvalue weighted by Crippen LogP contribution is 2.26. The molecule has 1 amide bonds. The zero-order valence-corrected chi connectivity index (χ0v) is 15.9. The van der Waals surface area contributed by atoms with Gasteiger partial charge in [-0.2, -0.15) is 0 Å². The Morgan fingerprint density at radius 1 is 1.12 bits per heavy atom. The van der Waals surface area contributed by atoms with Crippen molar-refractivity contribution in [2.24, 2.45) is 5.92 Å². The molecule has 0 spiro atoms. The number of amides is 1. The molecule has 1 unspecified atom stereocenters. The molecule has 3 rings (SSSR count). The number of rotatable bonds is 4. The summed E-state index contributed by atoms with van der Waals surface area (Å²) in [4.78, 5) is 14.9. The molecule has 1 heterocycles. The van der Waals surface area contributed by atoms with Crippen molar-refractivity contribution in [3.8, 4) is 0 Å². The molecule has 0 aliphatic carbocycles. The Morgan fingerprint density at radius 2 is 1.96 bits per heavy atom. The van der Waals surface area contributed by atoms with Crippen molar-refractivity contribution in [2.75, 3.05) is 18.4 Å². The molecule has 132 valence electrons. The SMILES string of the molecule is O=C(Nc1ccc(Cl)c(Cl)c1)C1CCCN(Cc2cccc(Cl)c2)C1. The van der Waals surface area contributed by atoms with E-state index in [4.69, 9.17) is 34.8 Å². The fraction of sp³-hybridized carbons (Fsp3) is 0.316. The van der Waals surface area contributed by atoms with Crippen LogP contribution in [0, 0.1) is 5.92 Å². The van der Waals surface area contributed by atoms with E-state index in [-0.39, 0.29) is 11.8 Å². The van der Waals surface area contributed by atoms with Gasteiger partial charge in [0.25, 0.3) is 0 Å². The predicted octanol–water partition coefficient (Wildman–Crippen LogP) is 5.50. The molecule has 0 bridgehead atoms. The molecule has 2 aromatic carbocycles. The highest BCUT2D eigenvalue weighted by molar-refractivity contribution is 6.42. The summed E-state index contributed by atoms with van der Waals surface area (Å²) >= 11 is 18.0. The Bertz CT molecular complexity index is 766. The first-order chi connectivity index (χ1) is 12.0. The highest BCUT2D eigenvalue weighted by Gasteiger charge is 2.26. The third-order valence-corrected chi connectivity index (χ3v) is 5.33. The maximum absolute atomic E-state index is 12.6. The van der Waals surface area contributed by atoms with Gasteiger partial charge in [0.05, 0.1) is 16.0 Å². The van der Waals surface area contributed by atoms with Crippen LogP contribution in [-0.2, 0) is 11.3 Å². The lowest BCUT2D eigenvalue weighted by Crippen LogP contribution is -2.40. The molecule has 0 saturated carbocycles. The Kier molecular flexibility index (Phi) is 6.24. The molecule has 6 heteroatoms.